The topological polar surface area (TPSA) is 43.1 Å². The molecule has 0 unspecified atom stereocenters. The van der Waals surface area contributed by atoms with E-state index in [2.05, 4.69) is 15.9 Å². The van der Waals surface area contributed by atoms with Crippen LogP contribution in [0.1, 0.15) is 18.4 Å². The van der Waals surface area contributed by atoms with Gasteiger partial charge in [-0.15, -0.1) is 0 Å². The molecule has 1 aromatic rings. The minimum Gasteiger partial charge on any atom is -0.258 e. The van der Waals surface area contributed by atoms with Crippen LogP contribution < -0.4 is 0 Å². The molecule has 0 fully saturated rings. The lowest BCUT2D eigenvalue weighted by atomic mass is 10.1. The Hall–Kier alpha value is -0.970. The summed E-state index contributed by atoms with van der Waals surface area (Å²) in [7, 11) is 0. The number of rotatable bonds is 5. The highest BCUT2D eigenvalue weighted by Crippen LogP contribution is 2.18. The standard InChI is InChI=1S/C10H11BrFNO2/c11-6-2-1-3-8-7-9(13(14)15)4-5-10(8)12/h4-5,7H,1-3,6H2. The Balaban J connectivity index is 2.76. The molecule has 0 N–H and O–H groups in total. The number of aryl methyl sites for hydroxylation is 1. The summed E-state index contributed by atoms with van der Waals surface area (Å²) in [6, 6.07) is 3.65. The summed E-state index contributed by atoms with van der Waals surface area (Å²) in [5.74, 6) is -0.366. The molecular formula is C10H11BrFNO2. The first-order chi connectivity index (χ1) is 7.15. The third-order valence-electron chi connectivity index (χ3n) is 2.07. The zero-order valence-corrected chi connectivity index (χ0v) is 9.67. The van der Waals surface area contributed by atoms with Gasteiger partial charge in [-0.25, -0.2) is 4.39 Å². The minimum atomic E-state index is -0.507. The first-order valence-electron chi connectivity index (χ1n) is 4.64. The van der Waals surface area contributed by atoms with E-state index in [0.717, 1.165) is 24.2 Å². The van der Waals surface area contributed by atoms with Gasteiger partial charge in [0, 0.05) is 17.5 Å². The van der Waals surface area contributed by atoms with Crippen molar-refractivity contribution in [1.82, 2.24) is 0 Å². The number of hydrogen-bond donors (Lipinski definition) is 0. The average molecular weight is 276 g/mol. The summed E-state index contributed by atoms with van der Waals surface area (Å²) >= 11 is 3.28. The summed E-state index contributed by atoms with van der Waals surface area (Å²) in [6.07, 6.45) is 2.30. The lowest BCUT2D eigenvalue weighted by Crippen LogP contribution is -1.95. The van der Waals surface area contributed by atoms with E-state index < -0.39 is 4.92 Å². The number of non-ortho nitro benzene ring substituents is 1. The van der Waals surface area contributed by atoms with E-state index in [9.17, 15) is 14.5 Å². The maximum atomic E-state index is 13.2. The van der Waals surface area contributed by atoms with Crippen molar-refractivity contribution in [2.24, 2.45) is 0 Å². The fourth-order valence-corrected chi connectivity index (χ4v) is 1.67. The number of benzene rings is 1. The van der Waals surface area contributed by atoms with Gasteiger partial charge < -0.3 is 0 Å². The van der Waals surface area contributed by atoms with Gasteiger partial charge in [0.15, 0.2) is 0 Å². The van der Waals surface area contributed by atoms with Crippen LogP contribution in [0.3, 0.4) is 0 Å². The molecule has 82 valence electrons. The Kier molecular flexibility index (Phi) is 4.68. The van der Waals surface area contributed by atoms with Gasteiger partial charge >= 0.3 is 0 Å². The second-order valence-corrected chi connectivity index (χ2v) is 3.97. The number of nitrogens with zero attached hydrogens (tertiary/aromatic N) is 1. The molecule has 3 nitrogen and oxygen atoms in total. The minimum absolute atomic E-state index is 0.0507. The van der Waals surface area contributed by atoms with Crippen LogP contribution in [0.4, 0.5) is 10.1 Å². The van der Waals surface area contributed by atoms with Crippen molar-refractivity contribution >= 4 is 21.6 Å². The SMILES string of the molecule is O=[N+]([O-])c1ccc(F)c(CCCCBr)c1. The number of unbranched alkanes of at least 4 members (excludes halogenated alkanes) is 1. The first kappa shape index (κ1) is 12.1. The van der Waals surface area contributed by atoms with Crippen LogP contribution in [0.15, 0.2) is 18.2 Å². The first-order valence-corrected chi connectivity index (χ1v) is 5.76. The predicted octanol–water partition coefficient (Wildman–Crippen LogP) is 3.45. The highest BCUT2D eigenvalue weighted by Gasteiger charge is 2.09. The molecular weight excluding hydrogens is 265 g/mol. The molecule has 0 bridgehead atoms. The van der Waals surface area contributed by atoms with Gasteiger partial charge in [-0.05, 0) is 30.9 Å². The highest BCUT2D eigenvalue weighted by molar-refractivity contribution is 9.09. The molecule has 0 aromatic heterocycles. The maximum absolute atomic E-state index is 13.2. The van der Waals surface area contributed by atoms with Crippen molar-refractivity contribution in [3.8, 4) is 0 Å². The molecule has 5 heteroatoms. The van der Waals surface area contributed by atoms with Crippen LogP contribution in [0, 0.1) is 15.9 Å². The monoisotopic (exact) mass is 275 g/mol. The van der Waals surface area contributed by atoms with Gasteiger partial charge in [0.05, 0.1) is 4.92 Å². The molecule has 0 aliphatic heterocycles. The normalized spacial score (nSPS) is 10.3. The predicted molar refractivity (Wildman–Crippen MR) is 59.8 cm³/mol. The number of nitro groups is 1. The smallest absolute Gasteiger partial charge is 0.258 e. The number of halogens is 2. The Bertz CT molecular complexity index is 357. The Morgan fingerprint density at radius 3 is 2.73 bits per heavy atom. The van der Waals surface area contributed by atoms with E-state index in [4.69, 9.17) is 0 Å². The van der Waals surface area contributed by atoms with Crippen molar-refractivity contribution in [3.05, 3.63) is 39.7 Å². The van der Waals surface area contributed by atoms with Crippen LogP contribution in [0.2, 0.25) is 0 Å². The quantitative estimate of drug-likeness (QED) is 0.358. The van der Waals surface area contributed by atoms with Crippen LogP contribution in [-0.4, -0.2) is 10.3 Å². The van der Waals surface area contributed by atoms with E-state index in [1.165, 1.54) is 12.1 Å². The summed E-state index contributed by atoms with van der Waals surface area (Å²) in [5.41, 5.74) is 0.371. The molecule has 0 amide bonds. The van der Waals surface area contributed by atoms with E-state index in [1.807, 2.05) is 0 Å². The number of hydrogen-bond acceptors (Lipinski definition) is 2. The number of alkyl halides is 1. The lowest BCUT2D eigenvalue weighted by molar-refractivity contribution is -0.385. The van der Waals surface area contributed by atoms with Gasteiger partial charge in [-0.3, -0.25) is 10.1 Å². The summed E-state index contributed by atoms with van der Waals surface area (Å²) < 4.78 is 13.2. The second-order valence-electron chi connectivity index (χ2n) is 3.18. The molecule has 1 aromatic carbocycles. The Labute approximate surface area is 95.6 Å². The number of nitro benzene ring substituents is 1. The summed E-state index contributed by atoms with van der Waals surface area (Å²) in [6.45, 7) is 0. The van der Waals surface area contributed by atoms with Crippen LogP contribution in [-0.2, 0) is 6.42 Å². The summed E-state index contributed by atoms with van der Waals surface area (Å²) in [5, 5.41) is 11.3. The molecule has 0 aliphatic rings. The van der Waals surface area contributed by atoms with Crippen molar-refractivity contribution in [3.63, 3.8) is 0 Å². The van der Waals surface area contributed by atoms with Crippen LogP contribution in [0.5, 0.6) is 0 Å². The third kappa shape index (κ3) is 3.58. The molecule has 0 radical (unpaired) electrons. The van der Waals surface area contributed by atoms with E-state index in [0.29, 0.717) is 12.0 Å². The molecule has 0 spiro atoms. The van der Waals surface area contributed by atoms with Gasteiger partial charge in [-0.1, -0.05) is 15.9 Å². The van der Waals surface area contributed by atoms with Crippen molar-refractivity contribution in [1.29, 1.82) is 0 Å². The molecule has 0 heterocycles. The Morgan fingerprint density at radius 2 is 2.13 bits per heavy atom. The lowest BCUT2D eigenvalue weighted by Gasteiger charge is -2.02. The van der Waals surface area contributed by atoms with Crippen LogP contribution >= 0.6 is 15.9 Å². The van der Waals surface area contributed by atoms with Crippen molar-refractivity contribution in [2.75, 3.05) is 5.33 Å². The molecule has 0 aliphatic carbocycles. The fraction of sp³-hybridized carbons (Fsp3) is 0.400. The van der Waals surface area contributed by atoms with Crippen LogP contribution in [0.25, 0.3) is 0 Å². The molecule has 0 atom stereocenters. The highest BCUT2D eigenvalue weighted by atomic mass is 79.9. The van der Waals surface area contributed by atoms with E-state index in [-0.39, 0.29) is 11.5 Å². The second kappa shape index (κ2) is 5.80. The van der Waals surface area contributed by atoms with Gasteiger partial charge in [0.1, 0.15) is 5.82 Å². The fourth-order valence-electron chi connectivity index (χ4n) is 1.28. The third-order valence-corrected chi connectivity index (χ3v) is 2.63. The zero-order valence-electron chi connectivity index (χ0n) is 8.08. The van der Waals surface area contributed by atoms with Crippen molar-refractivity contribution in [2.45, 2.75) is 19.3 Å². The molecule has 1 rings (SSSR count). The Morgan fingerprint density at radius 1 is 1.40 bits per heavy atom. The largest absolute Gasteiger partial charge is 0.269 e. The zero-order chi connectivity index (χ0) is 11.3. The van der Waals surface area contributed by atoms with E-state index in [1.54, 1.807) is 0 Å². The van der Waals surface area contributed by atoms with Gasteiger partial charge in [0.2, 0.25) is 0 Å². The summed E-state index contributed by atoms with van der Waals surface area (Å²) in [4.78, 5) is 9.96. The molecule has 15 heavy (non-hydrogen) atoms. The van der Waals surface area contributed by atoms with Crippen molar-refractivity contribution < 1.29 is 9.31 Å². The van der Waals surface area contributed by atoms with Gasteiger partial charge in [-0.2, -0.15) is 0 Å². The molecule has 0 saturated carbocycles. The average Bonchev–Trinajstić information content (AvgIpc) is 2.20. The molecule has 0 saturated heterocycles. The van der Waals surface area contributed by atoms with E-state index >= 15 is 0 Å². The van der Waals surface area contributed by atoms with Gasteiger partial charge in [0.25, 0.3) is 5.69 Å². The maximum Gasteiger partial charge on any atom is 0.269 e.